The number of hydrogen-bond acceptors (Lipinski definition) is 11. The van der Waals surface area contributed by atoms with Crippen LogP contribution < -0.4 is 15.4 Å². The van der Waals surface area contributed by atoms with Crippen molar-refractivity contribution < 1.29 is 41.8 Å². The number of methoxy groups -OCH3 is 1. The van der Waals surface area contributed by atoms with E-state index in [1.807, 2.05) is 0 Å². The van der Waals surface area contributed by atoms with Crippen LogP contribution in [0.5, 0.6) is 5.75 Å². The third-order valence-electron chi connectivity index (χ3n) is 6.95. The Balaban J connectivity index is 1.38. The van der Waals surface area contributed by atoms with Gasteiger partial charge in [-0.25, -0.2) is 17.8 Å². The highest BCUT2D eigenvalue weighted by molar-refractivity contribution is 7.89. The summed E-state index contributed by atoms with van der Waals surface area (Å²) in [5, 5.41) is 26.0. The standard InChI is InChI=1S/C30H34FN5O9S/c1-43-25-7-9-26(10-8-25)46(41,42)35(14-16-37)15-17-44-29-19-22(21-2-4-23(31)5-3-21)18-27(45-29)30(38)33-13-12-32-28-11-6-24(20-34-28)36(39)40/h2-11,18,20,22,29,37H,12-17,19H2,1H3,(H,32,34)(H,33,38)/t22-,29+/m1/s1. The van der Waals surface area contributed by atoms with Crippen LogP contribution in [0.3, 0.4) is 0 Å². The van der Waals surface area contributed by atoms with Gasteiger partial charge in [0.15, 0.2) is 5.76 Å². The Morgan fingerprint density at radius 3 is 2.50 bits per heavy atom. The van der Waals surface area contributed by atoms with E-state index in [1.165, 1.54) is 55.6 Å². The van der Waals surface area contributed by atoms with Crippen LogP contribution in [0.15, 0.2) is 83.6 Å². The third kappa shape index (κ3) is 9.20. The Bertz CT molecular complexity index is 1610. The van der Waals surface area contributed by atoms with E-state index in [-0.39, 0.29) is 61.5 Å². The molecule has 1 aliphatic heterocycles. The lowest BCUT2D eigenvalue weighted by Crippen LogP contribution is -2.38. The Labute approximate surface area is 265 Å². The minimum absolute atomic E-state index is 0.0211. The number of pyridine rings is 1. The Morgan fingerprint density at radius 1 is 1.13 bits per heavy atom. The molecule has 1 aliphatic rings. The number of carbonyl (C=O) groups is 1. The number of halogens is 1. The summed E-state index contributed by atoms with van der Waals surface area (Å²) in [6, 6.07) is 14.4. The molecule has 0 aliphatic carbocycles. The molecule has 0 bridgehead atoms. The van der Waals surface area contributed by atoms with Crippen LogP contribution in [0.1, 0.15) is 17.9 Å². The average Bonchev–Trinajstić information content (AvgIpc) is 3.06. The van der Waals surface area contributed by atoms with Crippen LogP contribution in [0.25, 0.3) is 0 Å². The van der Waals surface area contributed by atoms with Gasteiger partial charge in [0.1, 0.15) is 23.6 Å². The number of amides is 1. The van der Waals surface area contributed by atoms with Gasteiger partial charge in [-0.2, -0.15) is 4.31 Å². The molecular formula is C30H34FN5O9S. The van der Waals surface area contributed by atoms with Crippen molar-refractivity contribution in [1.29, 1.82) is 0 Å². The smallest absolute Gasteiger partial charge is 0.287 e. The summed E-state index contributed by atoms with van der Waals surface area (Å²) in [6.45, 7) is -0.387. The monoisotopic (exact) mass is 659 g/mol. The number of hydrogen-bond donors (Lipinski definition) is 3. The fourth-order valence-corrected chi connectivity index (χ4v) is 5.97. The highest BCUT2D eigenvalue weighted by Gasteiger charge is 2.30. The van der Waals surface area contributed by atoms with Crippen LogP contribution >= 0.6 is 0 Å². The largest absolute Gasteiger partial charge is 0.497 e. The van der Waals surface area contributed by atoms with E-state index in [2.05, 4.69) is 15.6 Å². The maximum absolute atomic E-state index is 13.6. The minimum Gasteiger partial charge on any atom is -0.497 e. The Kier molecular flexibility index (Phi) is 12.0. The van der Waals surface area contributed by atoms with Crippen molar-refractivity contribution in [1.82, 2.24) is 14.6 Å². The molecule has 2 heterocycles. The summed E-state index contributed by atoms with van der Waals surface area (Å²) >= 11 is 0. The number of anilines is 1. The number of carbonyl (C=O) groups excluding carboxylic acids is 1. The van der Waals surface area contributed by atoms with Gasteiger partial charge in [0, 0.05) is 44.6 Å². The maximum Gasteiger partial charge on any atom is 0.287 e. The summed E-state index contributed by atoms with van der Waals surface area (Å²) in [5.74, 6) is -0.476. The zero-order valence-corrected chi connectivity index (χ0v) is 25.7. The van der Waals surface area contributed by atoms with Gasteiger partial charge in [0.2, 0.25) is 16.3 Å². The van der Waals surface area contributed by atoms with Gasteiger partial charge in [-0.3, -0.25) is 14.9 Å². The van der Waals surface area contributed by atoms with Gasteiger partial charge < -0.3 is 30.0 Å². The summed E-state index contributed by atoms with van der Waals surface area (Å²) in [4.78, 5) is 27.3. The van der Waals surface area contributed by atoms with E-state index >= 15 is 0 Å². The molecule has 1 aromatic heterocycles. The molecular weight excluding hydrogens is 625 g/mol. The normalized spacial score (nSPS) is 16.3. The molecule has 0 unspecified atom stereocenters. The second-order valence-corrected chi connectivity index (χ2v) is 11.9. The Hall–Kier alpha value is -4.64. The van der Waals surface area contributed by atoms with E-state index in [9.17, 15) is 32.8 Å². The number of nitrogens with one attached hydrogen (secondary N) is 2. The fourth-order valence-electron chi connectivity index (χ4n) is 4.56. The van der Waals surface area contributed by atoms with Crippen molar-refractivity contribution in [2.24, 2.45) is 0 Å². The molecule has 14 nitrogen and oxygen atoms in total. The van der Waals surface area contributed by atoms with Crippen molar-refractivity contribution >= 4 is 27.4 Å². The molecule has 0 saturated heterocycles. The first-order chi connectivity index (χ1) is 22.1. The first kappa shape index (κ1) is 34.2. The molecule has 3 aromatic rings. The SMILES string of the molecule is COc1ccc(S(=O)(=O)N(CCO)CCO[C@@H]2C[C@H](c3ccc(F)cc3)C=C(C(=O)NCCNc3ccc([N+](=O)[O-])cn3)O2)cc1. The summed E-state index contributed by atoms with van der Waals surface area (Å²) in [6.07, 6.45) is 2.05. The van der Waals surface area contributed by atoms with Crippen LogP contribution in [0.4, 0.5) is 15.9 Å². The topological polar surface area (TPSA) is 182 Å². The highest BCUT2D eigenvalue weighted by atomic mass is 32.2. The van der Waals surface area contributed by atoms with Crippen molar-refractivity contribution in [2.75, 3.05) is 51.8 Å². The number of aliphatic hydroxyl groups is 1. The van der Waals surface area contributed by atoms with Crippen molar-refractivity contribution in [3.63, 3.8) is 0 Å². The molecule has 2 aromatic carbocycles. The molecule has 46 heavy (non-hydrogen) atoms. The number of sulfonamides is 1. The summed E-state index contributed by atoms with van der Waals surface area (Å²) in [5.41, 5.74) is 0.575. The summed E-state index contributed by atoms with van der Waals surface area (Å²) in [7, 11) is -2.50. The summed E-state index contributed by atoms with van der Waals surface area (Å²) < 4.78 is 58.0. The van der Waals surface area contributed by atoms with E-state index in [0.29, 0.717) is 11.6 Å². The van der Waals surface area contributed by atoms with E-state index in [1.54, 1.807) is 18.2 Å². The molecule has 246 valence electrons. The predicted octanol–water partition coefficient (Wildman–Crippen LogP) is 2.78. The number of allylic oxidation sites excluding steroid dienone is 1. The first-order valence-electron chi connectivity index (χ1n) is 14.2. The van der Waals surface area contributed by atoms with Crippen LogP contribution in [0, 0.1) is 15.9 Å². The molecule has 0 spiro atoms. The maximum atomic E-state index is 13.6. The lowest BCUT2D eigenvalue weighted by Gasteiger charge is -2.30. The number of benzene rings is 2. The molecule has 0 fully saturated rings. The van der Waals surface area contributed by atoms with Crippen molar-refractivity contribution in [3.05, 3.63) is 100 Å². The number of nitrogens with zero attached hydrogens (tertiary/aromatic N) is 3. The van der Waals surface area contributed by atoms with Gasteiger partial charge in [0.05, 0.1) is 30.1 Å². The number of aromatic nitrogens is 1. The number of ether oxygens (including phenoxy) is 3. The zero-order chi connectivity index (χ0) is 33.1. The van der Waals surface area contributed by atoms with Gasteiger partial charge in [0.25, 0.3) is 11.6 Å². The second kappa shape index (κ2) is 16.1. The van der Waals surface area contributed by atoms with Gasteiger partial charge >= 0.3 is 0 Å². The third-order valence-corrected chi connectivity index (χ3v) is 8.86. The molecule has 0 radical (unpaired) electrons. The van der Waals surface area contributed by atoms with Crippen LogP contribution in [0.2, 0.25) is 0 Å². The lowest BCUT2D eigenvalue weighted by molar-refractivity contribution is -0.385. The average molecular weight is 660 g/mol. The van der Waals surface area contributed by atoms with E-state index in [0.717, 1.165) is 16.1 Å². The second-order valence-electron chi connectivity index (χ2n) is 9.99. The van der Waals surface area contributed by atoms with Gasteiger partial charge in [-0.15, -0.1) is 0 Å². The molecule has 1 amide bonds. The number of aliphatic hydroxyl groups excluding tert-OH is 1. The van der Waals surface area contributed by atoms with E-state index < -0.39 is 39.6 Å². The molecule has 4 rings (SSSR count). The zero-order valence-electron chi connectivity index (χ0n) is 24.9. The van der Waals surface area contributed by atoms with Gasteiger partial charge in [-0.1, -0.05) is 12.1 Å². The Morgan fingerprint density at radius 2 is 1.87 bits per heavy atom. The van der Waals surface area contributed by atoms with E-state index in [4.69, 9.17) is 14.2 Å². The number of rotatable bonds is 16. The lowest BCUT2D eigenvalue weighted by atomic mass is 9.93. The van der Waals surface area contributed by atoms with Crippen LogP contribution in [-0.4, -0.2) is 86.4 Å². The van der Waals surface area contributed by atoms with Crippen LogP contribution in [-0.2, 0) is 24.3 Å². The predicted molar refractivity (Wildman–Crippen MR) is 164 cm³/mol. The highest BCUT2D eigenvalue weighted by Crippen LogP contribution is 2.32. The quantitative estimate of drug-likeness (QED) is 0.117. The molecule has 16 heteroatoms. The van der Waals surface area contributed by atoms with Crippen molar-refractivity contribution in [3.8, 4) is 5.75 Å². The fraction of sp³-hybridized carbons (Fsp3) is 0.333. The van der Waals surface area contributed by atoms with Crippen molar-refractivity contribution in [2.45, 2.75) is 23.5 Å². The molecule has 2 atom stereocenters. The minimum atomic E-state index is -3.97. The molecule has 0 saturated carbocycles. The molecule has 3 N–H and O–H groups in total. The first-order valence-corrected chi connectivity index (χ1v) is 15.7. The number of nitro groups is 1. The van der Waals surface area contributed by atoms with Gasteiger partial charge in [-0.05, 0) is 54.1 Å².